The molecule has 1 rings (SSSR count). The third-order valence-corrected chi connectivity index (χ3v) is 2.79. The van der Waals surface area contributed by atoms with Gasteiger partial charge in [0, 0.05) is 12.6 Å². The Bertz CT molecular complexity index is 238. The SMILES string of the molecule is CC(C)NCCO[C@@H]1OC(CO)[C@@H](O)C(O)C1O. The molecule has 0 radical (unpaired) electrons. The van der Waals surface area contributed by atoms with Gasteiger partial charge in [-0.3, -0.25) is 0 Å². The summed E-state index contributed by atoms with van der Waals surface area (Å²) in [5.41, 5.74) is 0. The molecule has 0 bridgehead atoms. The van der Waals surface area contributed by atoms with Crippen molar-refractivity contribution in [1.29, 1.82) is 0 Å². The zero-order chi connectivity index (χ0) is 13.7. The molecule has 1 aliphatic heterocycles. The average Bonchev–Trinajstić information content (AvgIpc) is 2.34. The zero-order valence-electron chi connectivity index (χ0n) is 10.7. The number of hydrogen-bond donors (Lipinski definition) is 5. The van der Waals surface area contributed by atoms with Crippen LogP contribution in [-0.2, 0) is 9.47 Å². The Hall–Kier alpha value is -0.280. The topological polar surface area (TPSA) is 111 Å². The van der Waals surface area contributed by atoms with Crippen LogP contribution < -0.4 is 5.32 Å². The van der Waals surface area contributed by atoms with E-state index in [1.54, 1.807) is 0 Å². The molecule has 18 heavy (non-hydrogen) atoms. The standard InChI is InChI=1S/C11H23NO6/c1-6(2)12-3-4-17-11-10(16)9(15)8(14)7(5-13)18-11/h6-16H,3-5H2,1-2H3/t7?,8-,9?,10?,11-/m1/s1. The predicted molar refractivity (Wildman–Crippen MR) is 62.9 cm³/mol. The van der Waals surface area contributed by atoms with E-state index in [1.807, 2.05) is 13.8 Å². The van der Waals surface area contributed by atoms with Crippen LogP contribution in [0.2, 0.25) is 0 Å². The van der Waals surface area contributed by atoms with Crippen LogP contribution in [0.5, 0.6) is 0 Å². The second-order valence-corrected chi connectivity index (χ2v) is 4.68. The van der Waals surface area contributed by atoms with Gasteiger partial charge < -0.3 is 35.2 Å². The van der Waals surface area contributed by atoms with Gasteiger partial charge in [-0.05, 0) is 0 Å². The number of hydrogen-bond acceptors (Lipinski definition) is 7. The molecular formula is C11H23NO6. The number of rotatable bonds is 6. The minimum absolute atomic E-state index is 0.293. The summed E-state index contributed by atoms with van der Waals surface area (Å²) in [6, 6.07) is 0.323. The minimum Gasteiger partial charge on any atom is -0.394 e. The van der Waals surface area contributed by atoms with Gasteiger partial charge in [0.05, 0.1) is 13.2 Å². The molecule has 0 aromatic heterocycles. The summed E-state index contributed by atoms with van der Waals surface area (Å²) >= 11 is 0. The van der Waals surface area contributed by atoms with Crippen LogP contribution in [-0.4, -0.2) is 76.9 Å². The first kappa shape index (κ1) is 15.8. The molecule has 0 amide bonds. The van der Waals surface area contributed by atoms with Gasteiger partial charge in [-0.2, -0.15) is 0 Å². The molecule has 7 heteroatoms. The second-order valence-electron chi connectivity index (χ2n) is 4.68. The number of nitrogens with one attached hydrogen (secondary N) is 1. The van der Waals surface area contributed by atoms with Crippen molar-refractivity contribution in [3.63, 3.8) is 0 Å². The lowest BCUT2D eigenvalue weighted by molar-refractivity contribution is -0.300. The van der Waals surface area contributed by atoms with E-state index in [9.17, 15) is 15.3 Å². The van der Waals surface area contributed by atoms with Crippen molar-refractivity contribution in [3.05, 3.63) is 0 Å². The summed E-state index contributed by atoms with van der Waals surface area (Å²) in [5, 5.41) is 40.9. The zero-order valence-corrected chi connectivity index (χ0v) is 10.7. The highest BCUT2D eigenvalue weighted by atomic mass is 16.7. The van der Waals surface area contributed by atoms with E-state index in [4.69, 9.17) is 14.6 Å². The van der Waals surface area contributed by atoms with Crippen LogP contribution in [0.25, 0.3) is 0 Å². The predicted octanol–water partition coefficient (Wildman–Crippen LogP) is -2.20. The van der Waals surface area contributed by atoms with E-state index >= 15 is 0 Å². The molecule has 1 heterocycles. The van der Waals surface area contributed by atoms with E-state index in [2.05, 4.69) is 5.32 Å². The monoisotopic (exact) mass is 265 g/mol. The lowest BCUT2D eigenvalue weighted by Crippen LogP contribution is -2.59. The number of ether oxygens (including phenoxy) is 2. The Morgan fingerprint density at radius 3 is 2.39 bits per heavy atom. The molecule has 5 atom stereocenters. The van der Waals surface area contributed by atoms with Crippen molar-refractivity contribution >= 4 is 0 Å². The summed E-state index contributed by atoms with van der Waals surface area (Å²) in [6.45, 7) is 4.41. The number of aliphatic hydroxyl groups excluding tert-OH is 4. The van der Waals surface area contributed by atoms with Crippen molar-refractivity contribution < 1.29 is 29.9 Å². The summed E-state index contributed by atoms with van der Waals surface area (Å²) in [5.74, 6) is 0. The molecule has 5 N–H and O–H groups in total. The first-order valence-corrected chi connectivity index (χ1v) is 6.13. The normalized spacial score (nSPS) is 37.2. The average molecular weight is 265 g/mol. The van der Waals surface area contributed by atoms with Crippen LogP contribution in [0.4, 0.5) is 0 Å². The highest BCUT2D eigenvalue weighted by molar-refractivity contribution is 4.88. The molecule has 3 unspecified atom stereocenters. The first-order chi connectivity index (χ1) is 8.47. The van der Waals surface area contributed by atoms with Crippen molar-refractivity contribution in [3.8, 4) is 0 Å². The fourth-order valence-corrected chi connectivity index (χ4v) is 1.73. The summed E-state index contributed by atoms with van der Waals surface area (Å²) in [7, 11) is 0. The van der Waals surface area contributed by atoms with Gasteiger partial charge in [0.1, 0.15) is 24.4 Å². The van der Waals surface area contributed by atoms with Gasteiger partial charge in [-0.15, -0.1) is 0 Å². The second kappa shape index (κ2) is 7.34. The molecule has 1 aliphatic rings. The first-order valence-electron chi connectivity index (χ1n) is 6.13. The molecule has 0 saturated carbocycles. The molecule has 0 aliphatic carbocycles. The Morgan fingerprint density at radius 2 is 1.83 bits per heavy atom. The molecular weight excluding hydrogens is 242 g/mol. The van der Waals surface area contributed by atoms with Crippen LogP contribution in [0.3, 0.4) is 0 Å². The molecule has 7 nitrogen and oxygen atoms in total. The summed E-state index contributed by atoms with van der Waals surface area (Å²) in [6.07, 6.45) is -6.04. The van der Waals surface area contributed by atoms with Gasteiger partial charge in [-0.25, -0.2) is 0 Å². The molecule has 1 saturated heterocycles. The lowest BCUT2D eigenvalue weighted by Gasteiger charge is -2.39. The maximum absolute atomic E-state index is 9.67. The molecule has 0 spiro atoms. The van der Waals surface area contributed by atoms with Crippen LogP contribution in [0, 0.1) is 0 Å². The van der Waals surface area contributed by atoms with E-state index < -0.39 is 37.3 Å². The minimum atomic E-state index is -1.39. The maximum Gasteiger partial charge on any atom is 0.186 e. The quantitative estimate of drug-likeness (QED) is 0.347. The third-order valence-electron chi connectivity index (χ3n) is 2.79. The maximum atomic E-state index is 9.67. The Balaban J connectivity index is 2.39. The van der Waals surface area contributed by atoms with Crippen LogP contribution in [0.15, 0.2) is 0 Å². The van der Waals surface area contributed by atoms with Crippen molar-refractivity contribution in [2.75, 3.05) is 19.8 Å². The summed E-state index contributed by atoms with van der Waals surface area (Å²) in [4.78, 5) is 0. The van der Waals surface area contributed by atoms with E-state index in [1.165, 1.54) is 0 Å². The fourth-order valence-electron chi connectivity index (χ4n) is 1.73. The van der Waals surface area contributed by atoms with E-state index in [0.717, 1.165) is 0 Å². The highest BCUT2D eigenvalue weighted by Gasteiger charge is 2.43. The number of aliphatic hydroxyl groups is 4. The van der Waals surface area contributed by atoms with Crippen molar-refractivity contribution in [2.24, 2.45) is 0 Å². The van der Waals surface area contributed by atoms with E-state index in [-0.39, 0.29) is 0 Å². The summed E-state index contributed by atoms with van der Waals surface area (Å²) < 4.78 is 10.5. The van der Waals surface area contributed by atoms with Crippen molar-refractivity contribution in [1.82, 2.24) is 5.32 Å². The molecule has 108 valence electrons. The van der Waals surface area contributed by atoms with E-state index in [0.29, 0.717) is 19.2 Å². The molecule has 1 fully saturated rings. The fraction of sp³-hybridized carbons (Fsp3) is 1.00. The Morgan fingerprint density at radius 1 is 1.17 bits per heavy atom. The third kappa shape index (κ3) is 4.13. The van der Waals surface area contributed by atoms with Gasteiger partial charge >= 0.3 is 0 Å². The lowest BCUT2D eigenvalue weighted by atomic mass is 9.99. The van der Waals surface area contributed by atoms with Crippen LogP contribution >= 0.6 is 0 Å². The Kier molecular flexibility index (Phi) is 6.44. The van der Waals surface area contributed by atoms with Gasteiger partial charge in [0.15, 0.2) is 6.29 Å². The largest absolute Gasteiger partial charge is 0.394 e. The smallest absolute Gasteiger partial charge is 0.186 e. The van der Waals surface area contributed by atoms with Gasteiger partial charge in [0.2, 0.25) is 0 Å². The van der Waals surface area contributed by atoms with Crippen molar-refractivity contribution in [2.45, 2.75) is 50.6 Å². The highest BCUT2D eigenvalue weighted by Crippen LogP contribution is 2.21. The molecule has 0 aromatic carbocycles. The van der Waals surface area contributed by atoms with Gasteiger partial charge in [0.25, 0.3) is 0 Å². The Labute approximate surface area is 106 Å². The van der Waals surface area contributed by atoms with Crippen LogP contribution in [0.1, 0.15) is 13.8 Å². The molecule has 0 aromatic rings. The van der Waals surface area contributed by atoms with Gasteiger partial charge in [-0.1, -0.05) is 13.8 Å².